The lowest BCUT2D eigenvalue weighted by molar-refractivity contribution is 0.118. The minimum atomic E-state index is -2.69. The van der Waals surface area contributed by atoms with E-state index < -0.39 is 50.9 Å². The second kappa shape index (κ2) is 30.8. The van der Waals surface area contributed by atoms with E-state index >= 15 is 0 Å². The second-order valence-corrected chi connectivity index (χ2v) is 37.0. The smallest absolute Gasteiger partial charge is 0.317 e. The molecule has 0 saturated heterocycles. The summed E-state index contributed by atoms with van der Waals surface area (Å²) in [4.78, 5) is 0. The van der Waals surface area contributed by atoms with Crippen molar-refractivity contribution in [3.8, 4) is 0 Å². The molecule has 46 heavy (non-hydrogen) atoms. The molecule has 0 bridgehead atoms. The largest absolute Gasteiger partial charge is 0.437 e. The molecule has 0 aromatic rings. The summed E-state index contributed by atoms with van der Waals surface area (Å²) in [6, 6.07) is 1.68. The maximum absolute atomic E-state index is 7.18. The van der Waals surface area contributed by atoms with Gasteiger partial charge in [0.25, 0.3) is 0 Å². The number of ether oxygens (including phenoxy) is 3. The highest BCUT2D eigenvalue weighted by Gasteiger charge is 2.50. The van der Waals surface area contributed by atoms with E-state index in [0.717, 1.165) is 51.0 Å². The van der Waals surface area contributed by atoms with Gasteiger partial charge in [-0.1, -0.05) is 59.4 Å². The lowest BCUT2D eigenvalue weighted by atomic mass is 10.3. The van der Waals surface area contributed by atoms with Crippen LogP contribution in [0.5, 0.6) is 0 Å². The van der Waals surface area contributed by atoms with E-state index in [2.05, 4.69) is 78.6 Å². The van der Waals surface area contributed by atoms with E-state index in [0.29, 0.717) is 13.2 Å². The topological polar surface area (TPSA) is 73.8 Å². The molecule has 2 atom stereocenters. The van der Waals surface area contributed by atoms with Crippen LogP contribution in [-0.4, -0.2) is 91.5 Å². The molecule has 0 aliphatic rings. The van der Waals surface area contributed by atoms with Crippen LogP contribution in [0.3, 0.4) is 0 Å². The van der Waals surface area contributed by atoms with E-state index in [1.165, 1.54) is 0 Å². The SMILES string of the molecule is C.C.C.C.C.C.C.C.COCCCCOCCC[Si](C)(O[Si](C)(C)O[Si](C)(C)C)O[Si](C)(CCCOC)O[Si](C)(C)O[Si](C)(C)C. The van der Waals surface area contributed by atoms with E-state index in [-0.39, 0.29) is 59.4 Å². The maximum Gasteiger partial charge on any atom is 0.317 e. The molecule has 2 unspecified atom stereocenters. The first-order valence-electron chi connectivity index (χ1n) is 14.2. The molecular weight excluding hydrogens is 681 g/mol. The van der Waals surface area contributed by atoms with Crippen LogP contribution in [0.15, 0.2) is 0 Å². The van der Waals surface area contributed by atoms with Crippen LogP contribution in [0, 0.1) is 0 Å². The third kappa shape index (κ3) is 37.8. The summed E-state index contributed by atoms with van der Waals surface area (Å²) in [5.41, 5.74) is 0. The Morgan fingerprint density at radius 1 is 0.348 bits per heavy atom. The summed E-state index contributed by atoms with van der Waals surface area (Å²) in [6.07, 6.45) is 3.80. The van der Waals surface area contributed by atoms with Crippen molar-refractivity contribution >= 4 is 50.9 Å². The van der Waals surface area contributed by atoms with Crippen LogP contribution in [0.25, 0.3) is 0 Å². The molecule has 294 valence electrons. The van der Waals surface area contributed by atoms with Crippen LogP contribution in [-0.2, 0) is 34.8 Å². The number of unbranched alkanes of at least 4 members (excludes halogenated alkanes) is 1. The van der Waals surface area contributed by atoms with Gasteiger partial charge in [0.15, 0.2) is 16.6 Å². The Kier molecular flexibility index (Phi) is 46.1. The van der Waals surface area contributed by atoms with Crippen molar-refractivity contribution in [2.75, 3.05) is 40.6 Å². The van der Waals surface area contributed by atoms with Gasteiger partial charge in [-0.15, -0.1) is 0 Å². The van der Waals surface area contributed by atoms with Crippen molar-refractivity contribution < 1.29 is 34.8 Å². The van der Waals surface area contributed by atoms with Crippen molar-refractivity contribution in [3.05, 3.63) is 0 Å². The minimum Gasteiger partial charge on any atom is -0.437 e. The van der Waals surface area contributed by atoms with Crippen LogP contribution in [0.4, 0.5) is 0 Å². The second-order valence-electron chi connectivity index (χ2n) is 13.3. The summed E-state index contributed by atoms with van der Waals surface area (Å²) in [5, 5.41) is 0. The first-order chi connectivity index (χ1) is 17.2. The third-order valence-electron chi connectivity index (χ3n) is 5.25. The van der Waals surface area contributed by atoms with Crippen LogP contribution in [0.2, 0.25) is 90.7 Å². The van der Waals surface area contributed by atoms with Crippen LogP contribution >= 0.6 is 0 Å². The van der Waals surface area contributed by atoms with Crippen LogP contribution in [0.1, 0.15) is 85.1 Å². The molecule has 0 N–H and O–H groups in total. The first-order valence-corrected chi connectivity index (χ1v) is 31.7. The van der Waals surface area contributed by atoms with Gasteiger partial charge in [-0.25, -0.2) is 0 Å². The number of hydrogen-bond acceptors (Lipinski definition) is 8. The van der Waals surface area contributed by atoms with Gasteiger partial charge in [0, 0.05) is 40.6 Å². The highest BCUT2D eigenvalue weighted by atomic mass is 28.5. The van der Waals surface area contributed by atoms with Crippen molar-refractivity contribution in [2.45, 2.75) is 176 Å². The fourth-order valence-electron chi connectivity index (χ4n) is 4.84. The molecule has 0 aliphatic carbocycles. The quantitative estimate of drug-likeness (QED) is 0.0750. The van der Waals surface area contributed by atoms with Gasteiger partial charge in [-0.05, 0) is 116 Å². The Morgan fingerprint density at radius 2 is 0.630 bits per heavy atom. The highest BCUT2D eigenvalue weighted by Crippen LogP contribution is 2.32. The Morgan fingerprint density at radius 3 is 0.957 bits per heavy atom. The molecular formula is C32H94O8Si6. The minimum absolute atomic E-state index is 0. The van der Waals surface area contributed by atoms with Crippen molar-refractivity contribution in [1.29, 1.82) is 0 Å². The Balaban J connectivity index is -0.000000244. The Labute approximate surface area is 301 Å². The van der Waals surface area contributed by atoms with Gasteiger partial charge >= 0.3 is 34.2 Å². The third-order valence-corrected chi connectivity index (χ3v) is 27.4. The normalized spacial score (nSPS) is 14.0. The average Bonchev–Trinajstić information content (AvgIpc) is 2.64. The predicted molar refractivity (Wildman–Crippen MR) is 227 cm³/mol. The molecule has 0 aromatic carbocycles. The maximum atomic E-state index is 7.18. The lowest BCUT2D eigenvalue weighted by Gasteiger charge is -2.45. The molecule has 14 heteroatoms. The molecule has 0 heterocycles. The molecule has 0 rings (SSSR count). The van der Waals surface area contributed by atoms with Crippen molar-refractivity contribution in [2.24, 2.45) is 0 Å². The van der Waals surface area contributed by atoms with Gasteiger partial charge in [-0.2, -0.15) is 0 Å². The number of rotatable bonds is 23. The van der Waals surface area contributed by atoms with E-state index in [1.807, 2.05) is 0 Å². The fourth-order valence-corrected chi connectivity index (χ4v) is 34.0. The lowest BCUT2D eigenvalue weighted by Crippen LogP contribution is -2.61. The Hall–Kier alpha value is 0.981. The van der Waals surface area contributed by atoms with E-state index in [1.54, 1.807) is 14.2 Å². The molecule has 0 radical (unpaired) electrons. The fraction of sp³-hybridized carbons (Fsp3) is 1.00. The standard InChI is InChI=1S/C24H62O8Si6.8CH4/c1-25-19-15-16-21-27-22-18-24-38(14,31-36(11,12)29-34(6,7)8)32-37(13,23-17-20-26-2)30-35(9,10)28-33(3,4)5;;;;;;;;/h15-24H2,1-14H3;8*1H4. The van der Waals surface area contributed by atoms with Crippen molar-refractivity contribution in [1.82, 2.24) is 0 Å². The van der Waals surface area contributed by atoms with Gasteiger partial charge < -0.3 is 34.8 Å². The number of methoxy groups -OCH3 is 2. The van der Waals surface area contributed by atoms with Gasteiger partial charge in [0.05, 0.1) is 0 Å². The highest BCUT2D eigenvalue weighted by molar-refractivity contribution is 6.91. The molecule has 0 amide bonds. The summed E-state index contributed by atoms with van der Waals surface area (Å²) in [5.74, 6) is 0. The zero-order valence-electron chi connectivity index (χ0n) is 27.3. The summed E-state index contributed by atoms with van der Waals surface area (Å²) < 4.78 is 50.7. The summed E-state index contributed by atoms with van der Waals surface area (Å²) >= 11 is 0. The first kappa shape index (κ1) is 68.9. The Bertz CT molecular complexity index is 649. The van der Waals surface area contributed by atoms with Gasteiger partial charge in [0.1, 0.15) is 0 Å². The molecule has 0 saturated carbocycles. The van der Waals surface area contributed by atoms with Gasteiger partial charge in [0.2, 0.25) is 0 Å². The van der Waals surface area contributed by atoms with Crippen LogP contribution < -0.4 is 0 Å². The van der Waals surface area contributed by atoms with E-state index in [9.17, 15) is 0 Å². The summed E-state index contributed by atoms with van der Waals surface area (Å²) in [7, 11) is -10.3. The zero-order chi connectivity index (χ0) is 29.7. The molecule has 0 aliphatic heterocycles. The molecule has 0 fully saturated rings. The predicted octanol–water partition coefficient (Wildman–Crippen LogP) is 12.2. The monoisotopic (exact) mass is 775 g/mol. The average molecular weight is 776 g/mol. The molecule has 8 nitrogen and oxygen atoms in total. The molecule has 0 aromatic heterocycles. The van der Waals surface area contributed by atoms with Crippen molar-refractivity contribution in [3.63, 3.8) is 0 Å². The van der Waals surface area contributed by atoms with E-state index in [4.69, 9.17) is 34.8 Å². The summed E-state index contributed by atoms with van der Waals surface area (Å²) in [6.45, 7) is 29.2. The number of hydrogen-bond donors (Lipinski definition) is 0. The van der Waals surface area contributed by atoms with Gasteiger partial charge in [-0.3, -0.25) is 0 Å². The zero-order valence-corrected chi connectivity index (χ0v) is 33.3. The molecule has 0 spiro atoms.